The maximum atomic E-state index is 6.03. The van der Waals surface area contributed by atoms with Crippen molar-refractivity contribution in [2.45, 2.75) is 32.5 Å². The lowest BCUT2D eigenvalue weighted by Crippen LogP contribution is -2.52. The van der Waals surface area contributed by atoms with Crippen molar-refractivity contribution >= 4 is 11.5 Å². The number of hydrogen-bond donors (Lipinski definition) is 1. The molecule has 1 aliphatic rings. The van der Waals surface area contributed by atoms with Crippen molar-refractivity contribution in [1.82, 2.24) is 9.97 Å². The number of nitrogens with zero attached hydrogens (tertiary/aromatic N) is 3. The Balaban J connectivity index is 2.31. The molecule has 0 saturated carbocycles. The third-order valence-electron chi connectivity index (χ3n) is 2.89. The van der Waals surface area contributed by atoms with Gasteiger partial charge in [0.05, 0.1) is 18.8 Å². The smallest absolute Gasteiger partial charge is 0.242 e. The van der Waals surface area contributed by atoms with Crippen LogP contribution in [0.2, 0.25) is 0 Å². The van der Waals surface area contributed by atoms with Crippen molar-refractivity contribution in [2.75, 3.05) is 30.8 Å². The topological polar surface area (TPSA) is 73.5 Å². The molecule has 0 aliphatic carbocycles. The molecule has 1 aromatic rings. The Labute approximate surface area is 107 Å². The van der Waals surface area contributed by atoms with Crippen LogP contribution in [0.4, 0.5) is 11.5 Å². The molecule has 0 spiro atoms. The molecular formula is C12H20N4O2. The molecule has 0 radical (unpaired) electrons. The SMILES string of the molecule is COc1ncnc(N2CC(C)OC(C)(C)C2)c1N. The van der Waals surface area contributed by atoms with Gasteiger partial charge in [0.25, 0.3) is 0 Å². The number of aromatic nitrogens is 2. The first-order chi connectivity index (χ1) is 8.43. The number of morpholine rings is 1. The zero-order valence-electron chi connectivity index (χ0n) is 11.3. The second-order valence-electron chi connectivity index (χ2n) is 5.19. The number of methoxy groups -OCH3 is 1. The van der Waals surface area contributed by atoms with Crippen molar-refractivity contribution in [1.29, 1.82) is 0 Å². The van der Waals surface area contributed by atoms with E-state index in [-0.39, 0.29) is 11.7 Å². The van der Waals surface area contributed by atoms with Gasteiger partial charge in [0.2, 0.25) is 5.88 Å². The Bertz CT molecular complexity index is 436. The van der Waals surface area contributed by atoms with Crippen LogP contribution in [0, 0.1) is 0 Å². The fraction of sp³-hybridized carbons (Fsp3) is 0.667. The number of hydrogen-bond acceptors (Lipinski definition) is 6. The van der Waals surface area contributed by atoms with Gasteiger partial charge < -0.3 is 20.1 Å². The average Bonchev–Trinajstić information content (AvgIpc) is 2.26. The standard InChI is InChI=1S/C12H20N4O2/c1-8-5-16(6-12(2,3)18-8)10-9(13)11(17-4)15-7-14-10/h7-8H,5-6,13H2,1-4H3. The lowest BCUT2D eigenvalue weighted by atomic mass is 10.1. The average molecular weight is 252 g/mol. The maximum absolute atomic E-state index is 6.03. The highest BCUT2D eigenvalue weighted by atomic mass is 16.5. The molecule has 0 bridgehead atoms. The molecule has 6 heteroatoms. The molecule has 2 N–H and O–H groups in total. The molecular weight excluding hydrogens is 232 g/mol. The quantitative estimate of drug-likeness (QED) is 0.848. The molecule has 6 nitrogen and oxygen atoms in total. The van der Waals surface area contributed by atoms with Crippen molar-refractivity contribution in [3.05, 3.63) is 6.33 Å². The summed E-state index contributed by atoms with van der Waals surface area (Å²) in [5, 5.41) is 0. The second-order valence-corrected chi connectivity index (χ2v) is 5.19. The summed E-state index contributed by atoms with van der Waals surface area (Å²) in [6.07, 6.45) is 1.60. The fourth-order valence-electron chi connectivity index (χ4n) is 2.40. The summed E-state index contributed by atoms with van der Waals surface area (Å²) in [6, 6.07) is 0. The Morgan fingerprint density at radius 1 is 1.50 bits per heavy atom. The van der Waals surface area contributed by atoms with Crippen LogP contribution in [-0.2, 0) is 4.74 Å². The van der Waals surface area contributed by atoms with Crippen molar-refractivity contribution in [2.24, 2.45) is 0 Å². The van der Waals surface area contributed by atoms with Gasteiger partial charge in [-0.05, 0) is 20.8 Å². The zero-order valence-corrected chi connectivity index (χ0v) is 11.3. The summed E-state index contributed by atoms with van der Waals surface area (Å²) < 4.78 is 11.0. The summed E-state index contributed by atoms with van der Waals surface area (Å²) in [6.45, 7) is 7.66. The predicted molar refractivity (Wildman–Crippen MR) is 69.8 cm³/mol. The monoisotopic (exact) mass is 252 g/mol. The predicted octanol–water partition coefficient (Wildman–Crippen LogP) is 1.07. The van der Waals surface area contributed by atoms with Crippen LogP contribution in [0.1, 0.15) is 20.8 Å². The summed E-state index contributed by atoms with van der Waals surface area (Å²) >= 11 is 0. The molecule has 2 heterocycles. The molecule has 1 unspecified atom stereocenters. The first kappa shape index (κ1) is 12.9. The van der Waals surface area contributed by atoms with E-state index in [1.807, 2.05) is 6.92 Å². The van der Waals surface area contributed by atoms with Crippen LogP contribution in [0.3, 0.4) is 0 Å². The van der Waals surface area contributed by atoms with Crippen molar-refractivity contribution in [3.63, 3.8) is 0 Å². The lowest BCUT2D eigenvalue weighted by molar-refractivity contribution is -0.0751. The first-order valence-corrected chi connectivity index (χ1v) is 6.00. The highest BCUT2D eigenvalue weighted by Crippen LogP contribution is 2.31. The summed E-state index contributed by atoms with van der Waals surface area (Å²) in [5.74, 6) is 1.13. The van der Waals surface area contributed by atoms with E-state index in [1.54, 1.807) is 7.11 Å². The zero-order chi connectivity index (χ0) is 13.3. The maximum Gasteiger partial charge on any atom is 0.242 e. The van der Waals surface area contributed by atoms with Gasteiger partial charge in [-0.15, -0.1) is 0 Å². The number of nitrogen functional groups attached to an aromatic ring is 1. The van der Waals surface area contributed by atoms with Gasteiger partial charge in [-0.3, -0.25) is 0 Å². The van der Waals surface area contributed by atoms with Crippen molar-refractivity contribution in [3.8, 4) is 5.88 Å². The van der Waals surface area contributed by atoms with Crippen molar-refractivity contribution < 1.29 is 9.47 Å². The van der Waals surface area contributed by atoms with Gasteiger partial charge >= 0.3 is 0 Å². The van der Waals surface area contributed by atoms with Crippen LogP contribution >= 0.6 is 0 Å². The highest BCUT2D eigenvalue weighted by molar-refractivity contribution is 5.68. The normalized spacial score (nSPS) is 22.9. The molecule has 18 heavy (non-hydrogen) atoms. The van der Waals surface area contributed by atoms with Gasteiger partial charge in [-0.1, -0.05) is 0 Å². The van der Waals surface area contributed by atoms with Crippen LogP contribution < -0.4 is 15.4 Å². The third kappa shape index (κ3) is 2.48. The fourth-order valence-corrected chi connectivity index (χ4v) is 2.40. The van der Waals surface area contributed by atoms with E-state index in [9.17, 15) is 0 Å². The Morgan fingerprint density at radius 2 is 2.22 bits per heavy atom. The summed E-state index contributed by atoms with van der Waals surface area (Å²) in [5.41, 5.74) is 6.28. The Kier molecular flexibility index (Phi) is 3.30. The highest BCUT2D eigenvalue weighted by Gasteiger charge is 2.33. The molecule has 1 saturated heterocycles. The number of ether oxygens (including phenoxy) is 2. The van der Waals surface area contributed by atoms with Gasteiger partial charge in [-0.25, -0.2) is 4.98 Å². The second kappa shape index (κ2) is 4.61. The molecule has 1 fully saturated rings. The largest absolute Gasteiger partial charge is 0.479 e. The summed E-state index contributed by atoms with van der Waals surface area (Å²) in [7, 11) is 1.55. The van der Waals surface area contributed by atoms with Gasteiger partial charge in [-0.2, -0.15) is 4.98 Å². The van der Waals surface area contributed by atoms with E-state index in [4.69, 9.17) is 15.2 Å². The number of rotatable bonds is 2. The Morgan fingerprint density at radius 3 is 2.83 bits per heavy atom. The minimum absolute atomic E-state index is 0.133. The van der Waals surface area contributed by atoms with E-state index in [1.165, 1.54) is 6.33 Å². The molecule has 1 atom stereocenters. The molecule has 0 amide bonds. The molecule has 0 aromatic carbocycles. The minimum Gasteiger partial charge on any atom is -0.479 e. The van der Waals surface area contributed by atoms with Gasteiger partial charge in [0.1, 0.15) is 12.0 Å². The number of anilines is 2. The number of nitrogens with two attached hydrogens (primary N) is 1. The van der Waals surface area contributed by atoms with Crippen LogP contribution in [-0.4, -0.2) is 41.9 Å². The van der Waals surface area contributed by atoms with E-state index >= 15 is 0 Å². The van der Waals surface area contributed by atoms with E-state index < -0.39 is 0 Å². The van der Waals surface area contributed by atoms with E-state index in [0.29, 0.717) is 17.4 Å². The van der Waals surface area contributed by atoms with Crippen LogP contribution in [0.25, 0.3) is 0 Å². The minimum atomic E-state index is -0.220. The van der Waals surface area contributed by atoms with Gasteiger partial charge in [0, 0.05) is 13.1 Å². The molecule has 1 aliphatic heterocycles. The summed E-state index contributed by atoms with van der Waals surface area (Å²) in [4.78, 5) is 10.4. The van der Waals surface area contributed by atoms with Crippen LogP contribution in [0.15, 0.2) is 6.33 Å². The van der Waals surface area contributed by atoms with Gasteiger partial charge in [0.15, 0.2) is 5.82 Å². The molecule has 2 rings (SSSR count). The third-order valence-corrected chi connectivity index (χ3v) is 2.89. The lowest BCUT2D eigenvalue weighted by Gasteiger charge is -2.42. The van der Waals surface area contributed by atoms with Crippen LogP contribution in [0.5, 0.6) is 5.88 Å². The first-order valence-electron chi connectivity index (χ1n) is 6.00. The van der Waals surface area contributed by atoms with E-state index in [2.05, 4.69) is 28.7 Å². The van der Waals surface area contributed by atoms with E-state index in [0.717, 1.165) is 13.1 Å². The molecule has 1 aromatic heterocycles. The Hall–Kier alpha value is -1.56. The molecule has 100 valence electrons.